The van der Waals surface area contributed by atoms with Crippen LogP contribution >= 0.6 is 27.3 Å². The summed E-state index contributed by atoms with van der Waals surface area (Å²) in [5.74, 6) is 1.55. The molecule has 0 saturated carbocycles. The first-order valence-corrected chi connectivity index (χ1v) is 9.15. The number of ether oxygens (including phenoxy) is 1. The molecule has 124 valence electrons. The molecule has 0 aliphatic heterocycles. The van der Waals surface area contributed by atoms with E-state index in [0.29, 0.717) is 0 Å². The van der Waals surface area contributed by atoms with E-state index in [1.165, 1.54) is 11.3 Å². The van der Waals surface area contributed by atoms with Gasteiger partial charge in [-0.25, -0.2) is 0 Å². The molecular weight excluding hydrogens is 400 g/mol. The summed E-state index contributed by atoms with van der Waals surface area (Å²) < 4.78 is 8.10. The molecule has 0 atom stereocenters. The monoisotopic (exact) mass is 412 g/mol. The topological polar surface area (TPSA) is 52.3 Å². The van der Waals surface area contributed by atoms with E-state index >= 15 is 0 Å². The second-order valence-electron chi connectivity index (χ2n) is 5.21. The van der Waals surface area contributed by atoms with E-state index in [2.05, 4.69) is 31.2 Å². The summed E-state index contributed by atoms with van der Waals surface area (Å²) in [6.45, 7) is 0. The highest BCUT2D eigenvalue weighted by Crippen LogP contribution is 2.28. The van der Waals surface area contributed by atoms with Crippen LogP contribution in [0.3, 0.4) is 0 Å². The van der Waals surface area contributed by atoms with Crippen LogP contribution in [0.15, 0.2) is 53.0 Å². The molecule has 7 heteroatoms. The largest absolute Gasteiger partial charge is 0.496 e. The van der Waals surface area contributed by atoms with Gasteiger partial charge in [-0.2, -0.15) is 9.61 Å². The van der Waals surface area contributed by atoms with Crippen molar-refractivity contribution in [1.82, 2.24) is 19.8 Å². The Kier molecular flexibility index (Phi) is 4.33. The molecule has 0 radical (unpaired) electrons. The van der Waals surface area contributed by atoms with Gasteiger partial charge in [-0.05, 0) is 30.4 Å². The Morgan fingerprint density at radius 1 is 1.04 bits per heavy atom. The van der Waals surface area contributed by atoms with E-state index in [9.17, 15) is 0 Å². The lowest BCUT2D eigenvalue weighted by Gasteiger charge is -2.02. The van der Waals surface area contributed by atoms with Crippen molar-refractivity contribution in [1.29, 1.82) is 0 Å². The first-order chi connectivity index (χ1) is 12.3. The number of hydrogen-bond acceptors (Lipinski definition) is 5. The number of aromatic nitrogens is 4. The maximum Gasteiger partial charge on any atom is 0.235 e. The third-order valence-electron chi connectivity index (χ3n) is 3.67. The third-order valence-corrected chi connectivity index (χ3v) is 5.22. The van der Waals surface area contributed by atoms with Crippen molar-refractivity contribution in [2.45, 2.75) is 0 Å². The number of para-hydroxylation sites is 1. The summed E-state index contributed by atoms with van der Waals surface area (Å²) in [7, 11) is 1.67. The second kappa shape index (κ2) is 6.78. The predicted octanol–water partition coefficient (Wildman–Crippen LogP) is 4.79. The van der Waals surface area contributed by atoms with Crippen LogP contribution in [0.1, 0.15) is 10.6 Å². The molecule has 0 aliphatic carbocycles. The van der Waals surface area contributed by atoms with Gasteiger partial charge < -0.3 is 4.74 Å². The summed E-state index contributed by atoms with van der Waals surface area (Å²) in [6.07, 6.45) is 3.95. The fourth-order valence-electron chi connectivity index (χ4n) is 2.47. The van der Waals surface area contributed by atoms with E-state index in [1.54, 1.807) is 11.6 Å². The molecule has 0 amide bonds. The van der Waals surface area contributed by atoms with Gasteiger partial charge in [0.2, 0.25) is 4.96 Å². The Bertz CT molecular complexity index is 1070. The van der Waals surface area contributed by atoms with Crippen molar-refractivity contribution in [3.8, 4) is 17.1 Å². The van der Waals surface area contributed by atoms with Gasteiger partial charge >= 0.3 is 0 Å². The summed E-state index contributed by atoms with van der Waals surface area (Å²) in [5.41, 5.74) is 1.96. The van der Waals surface area contributed by atoms with Gasteiger partial charge in [0.15, 0.2) is 5.82 Å². The Hall–Kier alpha value is -2.51. The lowest BCUT2D eigenvalue weighted by molar-refractivity contribution is 0.414. The minimum absolute atomic E-state index is 0.718. The van der Waals surface area contributed by atoms with E-state index in [1.807, 2.05) is 60.7 Å². The van der Waals surface area contributed by atoms with E-state index in [4.69, 9.17) is 4.74 Å². The van der Waals surface area contributed by atoms with Gasteiger partial charge in [-0.1, -0.05) is 57.6 Å². The average Bonchev–Trinajstić information content (AvgIpc) is 3.21. The van der Waals surface area contributed by atoms with Gasteiger partial charge in [0.1, 0.15) is 10.8 Å². The summed E-state index contributed by atoms with van der Waals surface area (Å²) in [5, 5.41) is 14.0. The molecule has 5 nitrogen and oxygen atoms in total. The molecule has 0 N–H and O–H groups in total. The van der Waals surface area contributed by atoms with Crippen LogP contribution in [0.5, 0.6) is 5.75 Å². The third kappa shape index (κ3) is 3.08. The summed E-state index contributed by atoms with van der Waals surface area (Å²) in [6, 6.07) is 15.8. The lowest BCUT2D eigenvalue weighted by atomic mass is 10.2. The van der Waals surface area contributed by atoms with Crippen LogP contribution in [-0.4, -0.2) is 26.9 Å². The smallest absolute Gasteiger partial charge is 0.235 e. The Morgan fingerprint density at radius 2 is 1.84 bits per heavy atom. The van der Waals surface area contributed by atoms with Gasteiger partial charge in [-0.15, -0.1) is 10.2 Å². The summed E-state index contributed by atoms with van der Waals surface area (Å²) >= 11 is 5.04. The van der Waals surface area contributed by atoms with Gasteiger partial charge in [-0.3, -0.25) is 0 Å². The lowest BCUT2D eigenvalue weighted by Crippen LogP contribution is -1.91. The zero-order valence-corrected chi connectivity index (χ0v) is 15.7. The SMILES string of the molecule is COc1ccccc1C=Cc1nn2c(-c3ccccc3Br)nnc2s1. The van der Waals surface area contributed by atoms with Gasteiger partial charge in [0.05, 0.1) is 7.11 Å². The Balaban J connectivity index is 1.71. The van der Waals surface area contributed by atoms with Gasteiger partial charge in [0, 0.05) is 15.6 Å². The standard InChI is InChI=1S/C18H13BrN4OS/c1-24-15-9-5-2-6-12(15)10-11-16-22-23-17(20-21-18(23)25-16)13-7-3-4-8-14(13)19/h2-11H,1H3. The Labute approximate surface area is 156 Å². The minimum Gasteiger partial charge on any atom is -0.496 e. The maximum atomic E-state index is 5.37. The molecule has 0 aliphatic rings. The van der Waals surface area contributed by atoms with Crippen molar-refractivity contribution in [2.75, 3.05) is 7.11 Å². The number of rotatable bonds is 4. The van der Waals surface area contributed by atoms with Crippen LogP contribution in [-0.2, 0) is 0 Å². The number of hydrogen-bond donors (Lipinski definition) is 0. The Morgan fingerprint density at radius 3 is 2.68 bits per heavy atom. The minimum atomic E-state index is 0.718. The second-order valence-corrected chi connectivity index (χ2v) is 7.06. The van der Waals surface area contributed by atoms with Crippen molar-refractivity contribution >= 4 is 44.4 Å². The normalized spacial score (nSPS) is 11.4. The molecule has 2 aromatic heterocycles. The van der Waals surface area contributed by atoms with Crippen molar-refractivity contribution in [2.24, 2.45) is 0 Å². The fraction of sp³-hybridized carbons (Fsp3) is 0.0556. The first kappa shape index (κ1) is 16.0. The van der Waals surface area contributed by atoms with Crippen molar-refractivity contribution in [3.63, 3.8) is 0 Å². The van der Waals surface area contributed by atoms with Crippen LogP contribution in [0.25, 0.3) is 28.5 Å². The number of benzene rings is 2. The zero-order chi connectivity index (χ0) is 17.2. The molecule has 2 heterocycles. The predicted molar refractivity (Wildman–Crippen MR) is 104 cm³/mol. The highest BCUT2D eigenvalue weighted by Gasteiger charge is 2.14. The van der Waals surface area contributed by atoms with E-state index in [-0.39, 0.29) is 0 Å². The quantitative estimate of drug-likeness (QED) is 0.483. The van der Waals surface area contributed by atoms with E-state index in [0.717, 1.165) is 37.1 Å². The van der Waals surface area contributed by atoms with Crippen molar-refractivity contribution in [3.05, 3.63) is 63.6 Å². The molecule has 4 aromatic rings. The molecule has 0 spiro atoms. The number of methoxy groups -OCH3 is 1. The molecule has 0 bridgehead atoms. The average molecular weight is 413 g/mol. The highest BCUT2D eigenvalue weighted by atomic mass is 79.9. The number of fused-ring (bicyclic) bond motifs is 1. The van der Waals surface area contributed by atoms with Crippen molar-refractivity contribution < 1.29 is 4.74 Å². The fourth-order valence-corrected chi connectivity index (χ4v) is 3.68. The molecule has 0 unspecified atom stereocenters. The number of nitrogens with zero attached hydrogens (tertiary/aromatic N) is 4. The maximum absolute atomic E-state index is 5.37. The highest BCUT2D eigenvalue weighted by molar-refractivity contribution is 9.10. The van der Waals surface area contributed by atoms with Gasteiger partial charge in [0.25, 0.3) is 0 Å². The van der Waals surface area contributed by atoms with Crippen LogP contribution < -0.4 is 4.74 Å². The molecule has 2 aromatic carbocycles. The first-order valence-electron chi connectivity index (χ1n) is 7.54. The molecule has 25 heavy (non-hydrogen) atoms. The molecule has 0 fully saturated rings. The molecule has 4 rings (SSSR count). The van der Waals surface area contributed by atoms with Crippen LogP contribution in [0.4, 0.5) is 0 Å². The molecule has 0 saturated heterocycles. The zero-order valence-electron chi connectivity index (χ0n) is 13.3. The summed E-state index contributed by atoms with van der Waals surface area (Å²) in [4.78, 5) is 0.755. The van der Waals surface area contributed by atoms with E-state index < -0.39 is 0 Å². The van der Waals surface area contributed by atoms with Crippen LogP contribution in [0, 0.1) is 0 Å². The number of halogens is 1. The molecular formula is C18H13BrN4OS. The van der Waals surface area contributed by atoms with Crippen LogP contribution in [0.2, 0.25) is 0 Å².